The number of aromatic amines is 1. The van der Waals surface area contributed by atoms with E-state index in [2.05, 4.69) is 4.98 Å². The maximum absolute atomic E-state index is 12.3. The van der Waals surface area contributed by atoms with Crippen LogP contribution in [0, 0.1) is 0 Å². The first-order valence-electron chi connectivity index (χ1n) is 6.87. The third-order valence-electron chi connectivity index (χ3n) is 3.36. The Morgan fingerprint density at radius 1 is 1.09 bits per heavy atom. The van der Waals surface area contributed by atoms with Crippen molar-refractivity contribution < 1.29 is 14.3 Å². The number of benzene rings is 2. The Morgan fingerprint density at radius 3 is 2.52 bits per heavy atom. The van der Waals surface area contributed by atoms with Crippen LogP contribution in [0.15, 0.2) is 53.3 Å². The molecular weight excluding hydrogens is 296 g/mol. The Hall–Kier alpha value is -3.28. The number of carbonyl (C=O) groups is 1. The van der Waals surface area contributed by atoms with Crippen LogP contribution in [-0.4, -0.2) is 18.1 Å². The molecule has 116 valence electrons. The molecule has 0 fully saturated rings. The van der Waals surface area contributed by atoms with Gasteiger partial charge in [-0.25, -0.2) is 4.79 Å². The van der Waals surface area contributed by atoms with Crippen molar-refractivity contribution in [2.45, 2.75) is 0 Å². The predicted octanol–water partition coefficient (Wildman–Crippen LogP) is 2.34. The van der Waals surface area contributed by atoms with Gasteiger partial charge in [0.1, 0.15) is 0 Å². The zero-order chi connectivity index (χ0) is 16.4. The molecule has 2 aromatic carbocycles. The van der Waals surface area contributed by atoms with Crippen LogP contribution in [0.25, 0.3) is 10.9 Å². The number of methoxy groups -OCH3 is 1. The van der Waals surface area contributed by atoms with Gasteiger partial charge in [-0.2, -0.15) is 0 Å². The molecule has 0 bridgehead atoms. The van der Waals surface area contributed by atoms with Crippen LogP contribution in [0.5, 0.6) is 11.5 Å². The largest absolute Gasteiger partial charge is 0.488 e. The highest BCUT2D eigenvalue weighted by molar-refractivity contribution is 5.96. The van der Waals surface area contributed by atoms with Crippen molar-refractivity contribution in [1.29, 1.82) is 0 Å². The van der Waals surface area contributed by atoms with Gasteiger partial charge in [0.2, 0.25) is 5.75 Å². The fourth-order valence-electron chi connectivity index (χ4n) is 2.28. The van der Waals surface area contributed by atoms with Gasteiger partial charge in [-0.15, -0.1) is 0 Å². The fourth-order valence-corrected chi connectivity index (χ4v) is 2.28. The number of anilines is 1. The summed E-state index contributed by atoms with van der Waals surface area (Å²) in [6.45, 7) is 0. The summed E-state index contributed by atoms with van der Waals surface area (Å²) in [5.74, 6) is -0.570. The standard InChI is InChI=1S/C17H14N2O4/c1-22-15-14(23-17(21)10-5-3-2-4-6-10)12-8-7-11(18)9-13(12)19-16(15)20/h2-9H,18H2,1H3,(H,19,20). The topological polar surface area (TPSA) is 94.4 Å². The molecule has 0 saturated carbocycles. The van der Waals surface area contributed by atoms with Gasteiger partial charge >= 0.3 is 5.97 Å². The molecule has 23 heavy (non-hydrogen) atoms. The van der Waals surface area contributed by atoms with Crippen molar-refractivity contribution in [3.8, 4) is 11.5 Å². The Bertz CT molecular complexity index is 932. The average Bonchev–Trinajstić information content (AvgIpc) is 2.55. The molecule has 6 heteroatoms. The molecule has 1 heterocycles. The van der Waals surface area contributed by atoms with E-state index in [1.165, 1.54) is 7.11 Å². The lowest BCUT2D eigenvalue weighted by Gasteiger charge is -2.12. The summed E-state index contributed by atoms with van der Waals surface area (Å²) in [6, 6.07) is 13.4. The number of aromatic nitrogens is 1. The lowest BCUT2D eigenvalue weighted by Crippen LogP contribution is -2.15. The van der Waals surface area contributed by atoms with Gasteiger partial charge < -0.3 is 20.2 Å². The van der Waals surface area contributed by atoms with E-state index in [1.807, 2.05) is 0 Å². The van der Waals surface area contributed by atoms with E-state index in [4.69, 9.17) is 15.2 Å². The van der Waals surface area contributed by atoms with Crippen molar-refractivity contribution in [3.05, 3.63) is 64.4 Å². The summed E-state index contributed by atoms with van der Waals surface area (Å²) in [7, 11) is 1.34. The summed E-state index contributed by atoms with van der Waals surface area (Å²) in [5.41, 5.74) is 6.55. The number of rotatable bonds is 3. The minimum atomic E-state index is -0.576. The minimum absolute atomic E-state index is 0.0634. The molecule has 0 aliphatic carbocycles. The lowest BCUT2D eigenvalue weighted by atomic mass is 10.1. The van der Waals surface area contributed by atoms with Gasteiger partial charge in [-0.05, 0) is 30.3 Å². The molecule has 0 unspecified atom stereocenters. The van der Waals surface area contributed by atoms with E-state index in [0.29, 0.717) is 22.2 Å². The maximum Gasteiger partial charge on any atom is 0.343 e. The number of pyridine rings is 1. The molecule has 0 atom stereocenters. The monoisotopic (exact) mass is 310 g/mol. The van der Waals surface area contributed by atoms with Crippen LogP contribution >= 0.6 is 0 Å². The number of esters is 1. The highest BCUT2D eigenvalue weighted by Crippen LogP contribution is 2.32. The molecule has 1 aromatic heterocycles. The molecule has 3 rings (SSSR count). The van der Waals surface area contributed by atoms with E-state index in [-0.39, 0.29) is 11.5 Å². The number of hydrogen-bond acceptors (Lipinski definition) is 5. The fraction of sp³-hybridized carbons (Fsp3) is 0.0588. The first kappa shape index (κ1) is 14.6. The summed E-state index contributed by atoms with van der Waals surface area (Å²) < 4.78 is 10.5. The van der Waals surface area contributed by atoms with E-state index in [1.54, 1.807) is 48.5 Å². The van der Waals surface area contributed by atoms with Crippen molar-refractivity contribution >= 4 is 22.6 Å². The van der Waals surface area contributed by atoms with Crippen molar-refractivity contribution in [2.75, 3.05) is 12.8 Å². The van der Waals surface area contributed by atoms with Gasteiger partial charge in [0.25, 0.3) is 5.56 Å². The number of nitrogen functional groups attached to an aromatic ring is 1. The first-order chi connectivity index (χ1) is 11.1. The summed E-state index contributed by atoms with van der Waals surface area (Å²) in [5, 5.41) is 0.528. The van der Waals surface area contributed by atoms with Gasteiger partial charge in [0.05, 0.1) is 18.2 Å². The summed E-state index contributed by atoms with van der Waals surface area (Å²) >= 11 is 0. The second-order valence-electron chi connectivity index (χ2n) is 4.88. The van der Waals surface area contributed by atoms with Crippen LogP contribution in [0.2, 0.25) is 0 Å². The van der Waals surface area contributed by atoms with Gasteiger partial charge in [0.15, 0.2) is 5.75 Å². The van der Waals surface area contributed by atoms with Crippen LogP contribution < -0.4 is 20.8 Å². The Balaban J connectivity index is 2.15. The molecule has 0 amide bonds. The first-order valence-corrected chi connectivity index (χ1v) is 6.87. The Labute approximate surface area is 131 Å². The molecule has 0 radical (unpaired) electrons. The zero-order valence-electron chi connectivity index (χ0n) is 12.3. The summed E-state index contributed by atoms with van der Waals surface area (Å²) in [6.07, 6.45) is 0. The van der Waals surface area contributed by atoms with Crippen LogP contribution in [-0.2, 0) is 0 Å². The highest BCUT2D eigenvalue weighted by atomic mass is 16.6. The SMILES string of the molecule is COc1c(OC(=O)c2ccccc2)c2ccc(N)cc2[nH]c1=O. The molecule has 6 nitrogen and oxygen atoms in total. The quantitative estimate of drug-likeness (QED) is 0.572. The maximum atomic E-state index is 12.3. The molecule has 0 saturated heterocycles. The van der Waals surface area contributed by atoms with Gasteiger partial charge in [0, 0.05) is 11.1 Å². The zero-order valence-corrected chi connectivity index (χ0v) is 12.3. The number of ether oxygens (including phenoxy) is 2. The smallest absolute Gasteiger partial charge is 0.343 e. The van der Waals surface area contributed by atoms with E-state index < -0.39 is 11.5 Å². The number of hydrogen-bond donors (Lipinski definition) is 2. The lowest BCUT2D eigenvalue weighted by molar-refractivity contribution is 0.0732. The average molecular weight is 310 g/mol. The second kappa shape index (κ2) is 5.84. The van der Waals surface area contributed by atoms with Crippen LogP contribution in [0.3, 0.4) is 0 Å². The molecule has 0 aliphatic heterocycles. The Kier molecular flexibility index (Phi) is 3.72. The minimum Gasteiger partial charge on any atom is -0.488 e. The van der Waals surface area contributed by atoms with Crippen molar-refractivity contribution in [2.24, 2.45) is 0 Å². The normalized spacial score (nSPS) is 10.5. The molecule has 0 spiro atoms. The predicted molar refractivity (Wildman–Crippen MR) is 86.9 cm³/mol. The third kappa shape index (κ3) is 2.74. The number of carbonyl (C=O) groups excluding carboxylic acids is 1. The van der Waals surface area contributed by atoms with Crippen molar-refractivity contribution in [1.82, 2.24) is 4.98 Å². The van der Waals surface area contributed by atoms with E-state index in [0.717, 1.165) is 0 Å². The molecule has 3 N–H and O–H groups in total. The second-order valence-corrected chi connectivity index (χ2v) is 4.88. The number of fused-ring (bicyclic) bond motifs is 1. The molecule has 0 aliphatic rings. The van der Waals surface area contributed by atoms with Gasteiger partial charge in [-0.3, -0.25) is 4.79 Å². The number of nitrogens with one attached hydrogen (secondary N) is 1. The molecular formula is C17H14N2O4. The van der Waals surface area contributed by atoms with Crippen LogP contribution in [0.1, 0.15) is 10.4 Å². The molecule has 3 aromatic rings. The van der Waals surface area contributed by atoms with E-state index >= 15 is 0 Å². The third-order valence-corrected chi connectivity index (χ3v) is 3.36. The highest BCUT2D eigenvalue weighted by Gasteiger charge is 2.19. The van der Waals surface area contributed by atoms with Gasteiger partial charge in [-0.1, -0.05) is 18.2 Å². The Morgan fingerprint density at radius 2 is 1.83 bits per heavy atom. The van der Waals surface area contributed by atoms with Crippen LogP contribution in [0.4, 0.5) is 5.69 Å². The van der Waals surface area contributed by atoms with Crippen molar-refractivity contribution in [3.63, 3.8) is 0 Å². The number of nitrogens with two attached hydrogens (primary N) is 1. The van der Waals surface area contributed by atoms with E-state index in [9.17, 15) is 9.59 Å². The summed E-state index contributed by atoms with van der Waals surface area (Å²) in [4.78, 5) is 27.0. The number of H-pyrrole nitrogens is 1.